The third kappa shape index (κ3) is 4.61. The minimum absolute atomic E-state index is 0.154. The maximum absolute atomic E-state index is 12.9. The number of ether oxygens (including phenoxy) is 1. The average molecular weight is 362 g/mol. The molecule has 0 unspecified atom stereocenters. The minimum Gasteiger partial charge on any atom is -0.484 e. The van der Waals surface area contributed by atoms with Gasteiger partial charge in [-0.2, -0.15) is 13.2 Å². The second-order valence-corrected chi connectivity index (χ2v) is 5.33. The minimum atomic E-state index is -4.57. The number of anilines is 1. The van der Waals surface area contributed by atoms with E-state index >= 15 is 0 Å². The van der Waals surface area contributed by atoms with E-state index in [1.807, 2.05) is 0 Å². The van der Waals surface area contributed by atoms with Crippen LogP contribution in [0.1, 0.15) is 5.56 Å². The first kappa shape index (κ1) is 18.1. The van der Waals surface area contributed by atoms with Crippen molar-refractivity contribution in [3.63, 3.8) is 0 Å². The molecule has 3 nitrogen and oxygen atoms in total. The van der Waals surface area contributed by atoms with Crippen molar-refractivity contribution in [1.82, 2.24) is 0 Å². The molecule has 128 valence electrons. The lowest BCUT2D eigenvalue weighted by atomic mass is 10.2. The first-order valence-corrected chi connectivity index (χ1v) is 7.07. The number of nitrogens with zero attached hydrogens (tertiary/aromatic N) is 1. The molecule has 0 aliphatic carbocycles. The molecule has 0 N–H and O–H groups in total. The lowest BCUT2D eigenvalue weighted by molar-refractivity contribution is -0.137. The Bertz CT molecular complexity index is 732. The van der Waals surface area contributed by atoms with Crippen molar-refractivity contribution < 1.29 is 27.1 Å². The number of rotatable bonds is 4. The van der Waals surface area contributed by atoms with Gasteiger partial charge in [0.1, 0.15) is 11.6 Å². The summed E-state index contributed by atoms with van der Waals surface area (Å²) < 4.78 is 56.1. The van der Waals surface area contributed by atoms with Crippen LogP contribution in [-0.2, 0) is 11.0 Å². The molecule has 24 heavy (non-hydrogen) atoms. The smallest absolute Gasteiger partial charge is 0.416 e. The fraction of sp³-hybridized carbons (Fsp3) is 0.188. The average Bonchev–Trinajstić information content (AvgIpc) is 2.51. The van der Waals surface area contributed by atoms with Crippen molar-refractivity contribution in [3.05, 3.63) is 58.9 Å². The van der Waals surface area contributed by atoms with Crippen LogP contribution in [-0.4, -0.2) is 19.6 Å². The van der Waals surface area contributed by atoms with Crippen molar-refractivity contribution in [3.8, 4) is 5.75 Å². The van der Waals surface area contributed by atoms with Crippen molar-refractivity contribution in [2.24, 2.45) is 0 Å². The highest BCUT2D eigenvalue weighted by molar-refractivity contribution is 6.30. The van der Waals surface area contributed by atoms with Gasteiger partial charge in [0, 0.05) is 17.8 Å². The summed E-state index contributed by atoms with van der Waals surface area (Å²) in [4.78, 5) is 13.2. The third-order valence-corrected chi connectivity index (χ3v) is 3.37. The predicted molar refractivity (Wildman–Crippen MR) is 81.8 cm³/mol. The van der Waals surface area contributed by atoms with Crippen LogP contribution in [0.3, 0.4) is 0 Å². The third-order valence-electron chi connectivity index (χ3n) is 3.15. The van der Waals surface area contributed by atoms with Crippen LogP contribution in [0.2, 0.25) is 5.02 Å². The van der Waals surface area contributed by atoms with E-state index in [1.165, 1.54) is 42.3 Å². The molecule has 0 aliphatic rings. The normalized spacial score (nSPS) is 11.2. The van der Waals surface area contributed by atoms with E-state index in [4.69, 9.17) is 16.3 Å². The van der Waals surface area contributed by atoms with Gasteiger partial charge in [-0.3, -0.25) is 4.79 Å². The van der Waals surface area contributed by atoms with Crippen LogP contribution in [0.5, 0.6) is 5.75 Å². The lowest BCUT2D eigenvalue weighted by Crippen LogP contribution is -2.31. The molecule has 0 saturated carbocycles. The molecule has 2 rings (SSSR count). The van der Waals surface area contributed by atoms with E-state index in [2.05, 4.69) is 0 Å². The van der Waals surface area contributed by atoms with Crippen molar-refractivity contribution in [1.29, 1.82) is 0 Å². The Hall–Kier alpha value is -2.28. The van der Waals surface area contributed by atoms with Gasteiger partial charge in [0.15, 0.2) is 6.61 Å². The fourth-order valence-electron chi connectivity index (χ4n) is 1.86. The summed E-state index contributed by atoms with van der Waals surface area (Å²) in [5, 5.41) is -0.154. The van der Waals surface area contributed by atoms with Crippen molar-refractivity contribution in [2.45, 2.75) is 6.18 Å². The largest absolute Gasteiger partial charge is 0.484 e. The van der Waals surface area contributed by atoms with Crippen LogP contribution in [0, 0.1) is 5.82 Å². The fourth-order valence-corrected chi connectivity index (χ4v) is 2.09. The zero-order chi connectivity index (χ0) is 17.9. The van der Waals surface area contributed by atoms with E-state index in [9.17, 15) is 22.4 Å². The summed E-state index contributed by atoms with van der Waals surface area (Å²) >= 11 is 5.63. The van der Waals surface area contributed by atoms with E-state index in [1.54, 1.807) is 0 Å². The number of hydrogen-bond donors (Lipinski definition) is 0. The van der Waals surface area contributed by atoms with E-state index in [0.29, 0.717) is 5.69 Å². The zero-order valence-corrected chi connectivity index (χ0v) is 13.2. The summed E-state index contributed by atoms with van der Waals surface area (Å²) in [6.07, 6.45) is -4.57. The molecule has 0 atom stereocenters. The molecule has 0 heterocycles. The summed E-state index contributed by atoms with van der Waals surface area (Å²) in [6, 6.07) is 7.88. The summed E-state index contributed by atoms with van der Waals surface area (Å²) in [5.74, 6) is -1.14. The zero-order valence-electron chi connectivity index (χ0n) is 12.4. The number of halogens is 5. The second kappa shape index (κ2) is 7.09. The van der Waals surface area contributed by atoms with Gasteiger partial charge in [0.25, 0.3) is 5.91 Å². The number of alkyl halides is 3. The molecule has 2 aromatic rings. The van der Waals surface area contributed by atoms with Crippen LogP contribution in [0.4, 0.5) is 23.2 Å². The molecule has 0 fully saturated rings. The number of carbonyl (C=O) groups excluding carboxylic acids is 1. The van der Waals surface area contributed by atoms with Gasteiger partial charge in [-0.15, -0.1) is 0 Å². The second-order valence-electron chi connectivity index (χ2n) is 4.89. The number of carbonyl (C=O) groups is 1. The molecule has 0 spiro atoms. The van der Waals surface area contributed by atoms with Crippen LogP contribution in [0.25, 0.3) is 0 Å². The van der Waals surface area contributed by atoms with Gasteiger partial charge in [0.2, 0.25) is 0 Å². The molecule has 0 radical (unpaired) electrons. The standard InChI is InChI=1S/C16H12ClF4NO2/c1-22(13-4-2-12(18)3-5-13)15(23)9-24-14-7-10(16(19,20)21)6-11(17)8-14/h2-8H,9H2,1H3. The Morgan fingerprint density at radius 2 is 1.79 bits per heavy atom. The van der Waals surface area contributed by atoms with Gasteiger partial charge < -0.3 is 9.64 Å². The molecule has 2 aromatic carbocycles. The van der Waals surface area contributed by atoms with Crippen LogP contribution >= 0.6 is 11.6 Å². The number of hydrogen-bond acceptors (Lipinski definition) is 2. The Kier molecular flexibility index (Phi) is 5.33. The maximum Gasteiger partial charge on any atom is 0.416 e. The number of amides is 1. The highest BCUT2D eigenvalue weighted by Crippen LogP contribution is 2.34. The van der Waals surface area contributed by atoms with Gasteiger partial charge in [0.05, 0.1) is 5.56 Å². The monoisotopic (exact) mass is 361 g/mol. The van der Waals surface area contributed by atoms with Crippen molar-refractivity contribution in [2.75, 3.05) is 18.6 Å². The first-order chi connectivity index (χ1) is 11.2. The van der Waals surface area contributed by atoms with Crippen molar-refractivity contribution >= 4 is 23.2 Å². The summed E-state index contributed by atoms with van der Waals surface area (Å²) in [7, 11) is 1.44. The highest BCUT2D eigenvalue weighted by atomic mass is 35.5. The van der Waals surface area contributed by atoms with Gasteiger partial charge >= 0.3 is 6.18 Å². The Morgan fingerprint density at radius 3 is 2.38 bits per heavy atom. The Balaban J connectivity index is 2.06. The molecule has 8 heteroatoms. The molecular formula is C16H12ClF4NO2. The highest BCUT2D eigenvalue weighted by Gasteiger charge is 2.31. The summed E-state index contributed by atoms with van der Waals surface area (Å²) in [5.41, 5.74) is -0.545. The quantitative estimate of drug-likeness (QED) is 0.748. The molecular weight excluding hydrogens is 350 g/mol. The molecule has 0 saturated heterocycles. The maximum atomic E-state index is 12.9. The summed E-state index contributed by atoms with van der Waals surface area (Å²) in [6.45, 7) is -0.495. The molecule has 1 amide bonds. The number of benzene rings is 2. The van der Waals surface area contributed by atoms with Crippen LogP contribution in [0.15, 0.2) is 42.5 Å². The molecule has 0 aliphatic heterocycles. The van der Waals surface area contributed by atoms with Crippen LogP contribution < -0.4 is 9.64 Å². The van der Waals surface area contributed by atoms with Gasteiger partial charge in [-0.05, 0) is 42.5 Å². The molecule has 0 aromatic heterocycles. The van der Waals surface area contributed by atoms with E-state index in [-0.39, 0.29) is 10.8 Å². The van der Waals surface area contributed by atoms with E-state index < -0.39 is 30.1 Å². The van der Waals surface area contributed by atoms with Gasteiger partial charge in [-0.1, -0.05) is 11.6 Å². The van der Waals surface area contributed by atoms with Gasteiger partial charge in [-0.25, -0.2) is 4.39 Å². The SMILES string of the molecule is CN(C(=O)COc1cc(Cl)cc(C(F)(F)F)c1)c1ccc(F)cc1. The lowest BCUT2D eigenvalue weighted by Gasteiger charge is -2.18. The molecule has 0 bridgehead atoms. The number of likely N-dealkylation sites (N-methyl/N-ethyl adjacent to an activating group) is 1. The Labute approximate surface area is 140 Å². The topological polar surface area (TPSA) is 29.5 Å². The predicted octanol–water partition coefficient (Wildman–Crippen LogP) is 4.54. The first-order valence-electron chi connectivity index (χ1n) is 6.69. The van der Waals surface area contributed by atoms with E-state index in [0.717, 1.165) is 12.1 Å². The Morgan fingerprint density at radius 1 is 1.17 bits per heavy atom.